The van der Waals surface area contributed by atoms with E-state index in [4.69, 9.17) is 4.74 Å². The second-order valence-electron chi connectivity index (χ2n) is 15.4. The number of ketones is 1. The van der Waals surface area contributed by atoms with E-state index in [0.717, 1.165) is 96.3 Å². The highest BCUT2D eigenvalue weighted by atomic mass is 16.5. The molecule has 0 aromatic heterocycles. The summed E-state index contributed by atoms with van der Waals surface area (Å²) in [5.41, 5.74) is 0. The first-order chi connectivity index (χ1) is 25.7. The predicted molar refractivity (Wildman–Crippen MR) is 219 cm³/mol. The van der Waals surface area contributed by atoms with Gasteiger partial charge < -0.3 is 20.7 Å². The Morgan fingerprint density at radius 2 is 0.830 bits per heavy atom. The van der Waals surface area contributed by atoms with E-state index in [-0.39, 0.29) is 29.9 Å². The lowest BCUT2D eigenvalue weighted by Gasteiger charge is -2.25. The molecular weight excluding hydrogens is 666 g/mol. The molecule has 0 aliphatic carbocycles. The first-order valence-electron chi connectivity index (χ1n) is 22.2. The van der Waals surface area contributed by atoms with Gasteiger partial charge in [-0.2, -0.15) is 0 Å². The fraction of sp³-hybridized carbons (Fsp3) is 0.886. The molecule has 0 aromatic rings. The number of unbranched alkanes of at least 4 members (excludes halogenated alkanes) is 18. The van der Waals surface area contributed by atoms with Crippen LogP contribution in [0.4, 0.5) is 0 Å². The van der Waals surface area contributed by atoms with Crippen LogP contribution in [-0.2, 0) is 28.7 Å². The predicted octanol–water partition coefficient (Wildman–Crippen LogP) is 10.2. The highest BCUT2D eigenvalue weighted by Crippen LogP contribution is 2.20. The smallest absolute Gasteiger partial charge is 0.328 e. The first-order valence-corrected chi connectivity index (χ1v) is 22.2. The molecule has 0 unspecified atom stereocenters. The molecule has 53 heavy (non-hydrogen) atoms. The van der Waals surface area contributed by atoms with Crippen LogP contribution in [0.2, 0.25) is 0 Å². The molecular formula is C44H83N3O6. The highest BCUT2D eigenvalue weighted by molar-refractivity contribution is 5.95. The van der Waals surface area contributed by atoms with Crippen molar-refractivity contribution in [3.63, 3.8) is 0 Å². The van der Waals surface area contributed by atoms with Gasteiger partial charge in [0.15, 0.2) is 5.78 Å². The molecule has 0 rings (SSSR count). The third-order valence-corrected chi connectivity index (χ3v) is 10.4. The number of carbonyl (C=O) groups excluding carboxylic acids is 5. The van der Waals surface area contributed by atoms with Gasteiger partial charge in [0.2, 0.25) is 17.7 Å². The van der Waals surface area contributed by atoms with Crippen LogP contribution < -0.4 is 16.0 Å². The van der Waals surface area contributed by atoms with Gasteiger partial charge in [0, 0.05) is 18.8 Å². The van der Waals surface area contributed by atoms with Gasteiger partial charge in [0.25, 0.3) is 0 Å². The van der Waals surface area contributed by atoms with Gasteiger partial charge in [0.1, 0.15) is 12.1 Å². The number of esters is 1. The molecule has 4 atom stereocenters. The van der Waals surface area contributed by atoms with E-state index in [0.29, 0.717) is 32.1 Å². The van der Waals surface area contributed by atoms with E-state index in [1.807, 2.05) is 0 Å². The summed E-state index contributed by atoms with van der Waals surface area (Å²) >= 11 is 0. The number of nitrogens with one attached hydrogen (secondary N) is 3. The maximum atomic E-state index is 14.0. The summed E-state index contributed by atoms with van der Waals surface area (Å²) in [5, 5.41) is 8.93. The molecule has 0 heterocycles. The minimum atomic E-state index is -0.750. The number of hydrogen-bond donors (Lipinski definition) is 3. The van der Waals surface area contributed by atoms with E-state index in [1.54, 1.807) is 0 Å². The third-order valence-electron chi connectivity index (χ3n) is 10.4. The molecule has 0 saturated carbocycles. The number of carbonyl (C=O) groups is 5. The molecule has 0 fully saturated rings. The summed E-state index contributed by atoms with van der Waals surface area (Å²) in [6, 6.07) is -2.19. The van der Waals surface area contributed by atoms with E-state index in [9.17, 15) is 24.0 Å². The van der Waals surface area contributed by atoms with Gasteiger partial charge >= 0.3 is 5.97 Å². The monoisotopic (exact) mass is 750 g/mol. The summed E-state index contributed by atoms with van der Waals surface area (Å²) in [7, 11) is 1.32. The number of amides is 3. The Hall–Kier alpha value is -2.45. The Kier molecular flexibility index (Phi) is 33.6. The van der Waals surface area contributed by atoms with Crippen molar-refractivity contribution in [3.05, 3.63) is 0 Å². The fourth-order valence-electron chi connectivity index (χ4n) is 6.90. The second kappa shape index (κ2) is 35.3. The van der Waals surface area contributed by atoms with Crippen LogP contribution in [0.3, 0.4) is 0 Å². The van der Waals surface area contributed by atoms with E-state index in [2.05, 4.69) is 50.6 Å². The minimum absolute atomic E-state index is 0.0127. The van der Waals surface area contributed by atoms with Gasteiger partial charge in [0.05, 0.1) is 13.2 Å². The van der Waals surface area contributed by atoms with Gasteiger partial charge in [-0.15, -0.1) is 0 Å². The second-order valence-corrected chi connectivity index (χ2v) is 15.4. The molecule has 310 valence electrons. The van der Waals surface area contributed by atoms with Crippen LogP contribution in [0.15, 0.2) is 0 Å². The summed E-state index contributed by atoms with van der Waals surface area (Å²) in [5.74, 6) is -2.00. The van der Waals surface area contributed by atoms with E-state index in [1.165, 1.54) is 58.5 Å². The van der Waals surface area contributed by atoms with Crippen molar-refractivity contribution in [1.29, 1.82) is 0 Å². The van der Waals surface area contributed by atoms with Gasteiger partial charge in [-0.05, 0) is 32.1 Å². The van der Waals surface area contributed by atoms with Crippen LogP contribution >= 0.6 is 0 Å². The topological polar surface area (TPSA) is 131 Å². The Labute approximate surface area is 325 Å². The average molecular weight is 750 g/mol. The zero-order chi connectivity index (χ0) is 39.5. The SMILES string of the molecule is CCCCCCCCCCCCCC(=O)N[C@@H](CCCCC)C(=O)N[C@@H](CCCCC)C(=O)C[C@@H](CCCCC)C(=O)N[C@@H](CCCCC)C(=O)OC. The van der Waals surface area contributed by atoms with Crippen molar-refractivity contribution in [2.24, 2.45) is 5.92 Å². The van der Waals surface area contributed by atoms with Crippen molar-refractivity contribution in [2.45, 2.75) is 239 Å². The van der Waals surface area contributed by atoms with Crippen LogP contribution in [0.5, 0.6) is 0 Å². The Morgan fingerprint density at radius 1 is 0.434 bits per heavy atom. The quantitative estimate of drug-likeness (QED) is 0.0428. The van der Waals surface area contributed by atoms with E-state index >= 15 is 0 Å². The standard InChI is InChI=1S/C44H83N3O6/c1-7-12-17-18-19-20-21-22-23-24-29-34-41(49)45-38(32-27-15-10-4)43(51)46-37(31-26-14-9-3)40(48)35-36(30-25-13-8-2)42(50)47-39(44(52)53-6)33-28-16-11-5/h36-39H,7-35H2,1-6H3,(H,45,49)(H,46,51)(H,47,50)/t36-,37+,38+,39+/m1/s1. The molecule has 0 radical (unpaired) electrons. The lowest BCUT2D eigenvalue weighted by atomic mass is 9.90. The summed E-state index contributed by atoms with van der Waals surface area (Å²) in [6.07, 6.45) is 26.6. The fourth-order valence-corrected chi connectivity index (χ4v) is 6.90. The third kappa shape index (κ3) is 26.9. The maximum Gasteiger partial charge on any atom is 0.328 e. The largest absolute Gasteiger partial charge is 0.467 e. The van der Waals surface area contributed by atoms with Crippen molar-refractivity contribution in [3.8, 4) is 0 Å². The lowest BCUT2D eigenvalue weighted by molar-refractivity contribution is -0.146. The number of rotatable bonds is 37. The molecule has 3 amide bonds. The molecule has 0 saturated heterocycles. The highest BCUT2D eigenvalue weighted by Gasteiger charge is 2.31. The number of Topliss-reactive ketones (excluding diaryl/α,β-unsaturated/α-hetero) is 1. The van der Waals surface area contributed by atoms with E-state index < -0.39 is 30.0 Å². The normalized spacial score (nSPS) is 13.5. The Bertz CT molecular complexity index is 957. The summed E-state index contributed by atoms with van der Waals surface area (Å²) < 4.78 is 4.98. The molecule has 3 N–H and O–H groups in total. The summed E-state index contributed by atoms with van der Waals surface area (Å²) in [4.78, 5) is 66.9. The average Bonchev–Trinajstić information content (AvgIpc) is 3.15. The van der Waals surface area contributed by atoms with Crippen LogP contribution in [0.25, 0.3) is 0 Å². The van der Waals surface area contributed by atoms with Crippen LogP contribution in [0, 0.1) is 5.92 Å². The van der Waals surface area contributed by atoms with Crippen molar-refractivity contribution in [1.82, 2.24) is 16.0 Å². The Morgan fingerprint density at radius 3 is 1.32 bits per heavy atom. The van der Waals surface area contributed by atoms with Crippen molar-refractivity contribution >= 4 is 29.5 Å². The molecule has 9 nitrogen and oxygen atoms in total. The van der Waals surface area contributed by atoms with Crippen LogP contribution in [-0.4, -0.2) is 54.7 Å². The van der Waals surface area contributed by atoms with Crippen LogP contribution in [0.1, 0.15) is 221 Å². The maximum absolute atomic E-state index is 14.0. The molecule has 0 bridgehead atoms. The number of hydrogen-bond acceptors (Lipinski definition) is 6. The molecule has 0 spiro atoms. The van der Waals surface area contributed by atoms with Gasteiger partial charge in [-0.25, -0.2) is 4.79 Å². The lowest BCUT2D eigenvalue weighted by Crippen LogP contribution is -2.52. The Balaban J connectivity index is 5.54. The molecule has 0 aliphatic heterocycles. The zero-order valence-corrected chi connectivity index (χ0v) is 35.3. The molecule has 9 heteroatoms. The number of ether oxygens (including phenoxy) is 1. The summed E-state index contributed by atoms with van der Waals surface area (Å²) in [6.45, 7) is 10.6. The molecule has 0 aromatic carbocycles. The molecule has 0 aliphatic rings. The van der Waals surface area contributed by atoms with Crippen molar-refractivity contribution in [2.75, 3.05) is 7.11 Å². The van der Waals surface area contributed by atoms with Gasteiger partial charge in [-0.1, -0.05) is 176 Å². The first kappa shape index (κ1) is 50.5. The minimum Gasteiger partial charge on any atom is -0.467 e. The zero-order valence-electron chi connectivity index (χ0n) is 35.3. The van der Waals surface area contributed by atoms with Gasteiger partial charge in [-0.3, -0.25) is 19.2 Å². The number of methoxy groups -OCH3 is 1. The van der Waals surface area contributed by atoms with Crippen molar-refractivity contribution < 1.29 is 28.7 Å².